The van der Waals surface area contributed by atoms with Crippen molar-refractivity contribution >= 4 is 5.84 Å². The fourth-order valence-corrected chi connectivity index (χ4v) is 2.62. The zero-order valence-corrected chi connectivity index (χ0v) is 11.2. The molecule has 1 aromatic rings. The molecule has 5 nitrogen and oxygen atoms in total. The van der Waals surface area contributed by atoms with E-state index in [1.807, 2.05) is 0 Å². The highest BCUT2D eigenvalue weighted by molar-refractivity contribution is 5.97. The second-order valence-corrected chi connectivity index (χ2v) is 5.22. The summed E-state index contributed by atoms with van der Waals surface area (Å²) in [5.74, 6) is -0.268. The predicted molar refractivity (Wildman–Crippen MR) is 74.0 cm³/mol. The van der Waals surface area contributed by atoms with Crippen LogP contribution in [0.2, 0.25) is 0 Å². The molecule has 2 atom stereocenters. The Morgan fingerprint density at radius 3 is 2.85 bits per heavy atom. The monoisotopic (exact) mass is 281 g/mol. The highest BCUT2D eigenvalue weighted by Gasteiger charge is 2.24. The van der Waals surface area contributed by atoms with Crippen molar-refractivity contribution in [2.75, 3.05) is 6.54 Å². The van der Waals surface area contributed by atoms with E-state index in [1.165, 1.54) is 12.1 Å². The fraction of sp³-hybridized carbons (Fsp3) is 0.500. The van der Waals surface area contributed by atoms with Crippen molar-refractivity contribution in [3.63, 3.8) is 0 Å². The second-order valence-electron chi connectivity index (χ2n) is 5.22. The van der Waals surface area contributed by atoms with Crippen molar-refractivity contribution in [2.24, 2.45) is 16.8 Å². The minimum absolute atomic E-state index is 0.114. The minimum atomic E-state index is -0.424. The summed E-state index contributed by atoms with van der Waals surface area (Å²) in [4.78, 5) is 0. The van der Waals surface area contributed by atoms with Crippen LogP contribution in [0.1, 0.15) is 30.4 Å². The molecule has 2 unspecified atom stereocenters. The van der Waals surface area contributed by atoms with E-state index in [9.17, 15) is 9.50 Å². The summed E-state index contributed by atoms with van der Waals surface area (Å²) in [7, 11) is 0. The van der Waals surface area contributed by atoms with E-state index in [1.54, 1.807) is 6.07 Å². The predicted octanol–water partition coefficient (Wildman–Crippen LogP) is 1.17. The molecule has 2 rings (SSSR count). The summed E-state index contributed by atoms with van der Waals surface area (Å²) in [5, 5.41) is 24.4. The highest BCUT2D eigenvalue weighted by atomic mass is 19.1. The van der Waals surface area contributed by atoms with Crippen molar-refractivity contribution in [1.29, 1.82) is 0 Å². The van der Waals surface area contributed by atoms with Crippen LogP contribution in [0.4, 0.5) is 4.39 Å². The number of rotatable bonds is 5. The molecule has 1 aliphatic rings. The third kappa shape index (κ3) is 3.68. The van der Waals surface area contributed by atoms with Crippen LogP contribution in [-0.2, 0) is 6.54 Å². The first-order valence-corrected chi connectivity index (χ1v) is 6.76. The molecule has 0 aliphatic heterocycles. The summed E-state index contributed by atoms with van der Waals surface area (Å²) in [6, 6.07) is 4.31. The number of nitrogens with two attached hydrogens (primary N) is 1. The summed E-state index contributed by atoms with van der Waals surface area (Å²) < 4.78 is 13.5. The number of halogens is 1. The van der Waals surface area contributed by atoms with Crippen LogP contribution in [0.25, 0.3) is 0 Å². The summed E-state index contributed by atoms with van der Waals surface area (Å²) in [5.41, 5.74) is 6.53. The molecular weight excluding hydrogens is 261 g/mol. The van der Waals surface area contributed by atoms with Crippen LogP contribution in [-0.4, -0.2) is 28.8 Å². The number of aliphatic hydroxyl groups is 1. The lowest BCUT2D eigenvalue weighted by Gasteiger charge is -2.15. The van der Waals surface area contributed by atoms with Gasteiger partial charge in [-0.2, -0.15) is 0 Å². The lowest BCUT2D eigenvalue weighted by molar-refractivity contribution is 0.131. The first-order chi connectivity index (χ1) is 9.60. The maximum Gasteiger partial charge on any atom is 0.170 e. The van der Waals surface area contributed by atoms with Gasteiger partial charge < -0.3 is 21.4 Å². The van der Waals surface area contributed by atoms with Gasteiger partial charge in [-0.3, -0.25) is 0 Å². The Labute approximate surface area is 117 Å². The molecule has 1 aliphatic carbocycles. The number of hydrogen-bond donors (Lipinski definition) is 4. The molecule has 0 radical (unpaired) electrons. The molecule has 0 bridgehead atoms. The Morgan fingerprint density at radius 1 is 1.40 bits per heavy atom. The van der Waals surface area contributed by atoms with E-state index in [4.69, 9.17) is 10.9 Å². The van der Waals surface area contributed by atoms with Gasteiger partial charge in [-0.25, -0.2) is 4.39 Å². The molecule has 110 valence electrons. The lowest BCUT2D eigenvalue weighted by atomic mass is 10.1. The molecule has 6 heteroatoms. The van der Waals surface area contributed by atoms with Crippen molar-refractivity contribution in [2.45, 2.75) is 31.9 Å². The number of nitrogens with zero attached hydrogens (tertiary/aromatic N) is 1. The van der Waals surface area contributed by atoms with Crippen molar-refractivity contribution in [3.8, 4) is 0 Å². The molecule has 20 heavy (non-hydrogen) atoms. The molecule has 0 heterocycles. The minimum Gasteiger partial charge on any atom is -0.409 e. The largest absolute Gasteiger partial charge is 0.409 e. The summed E-state index contributed by atoms with van der Waals surface area (Å²) >= 11 is 0. The lowest BCUT2D eigenvalue weighted by Crippen LogP contribution is -2.27. The Kier molecular flexibility index (Phi) is 4.92. The maximum atomic E-state index is 13.5. The zero-order chi connectivity index (χ0) is 14.5. The first kappa shape index (κ1) is 14.7. The van der Waals surface area contributed by atoms with Gasteiger partial charge >= 0.3 is 0 Å². The number of aliphatic hydroxyl groups excluding tert-OH is 1. The highest BCUT2D eigenvalue weighted by Crippen LogP contribution is 2.24. The van der Waals surface area contributed by atoms with Gasteiger partial charge in [-0.1, -0.05) is 11.6 Å². The SMILES string of the molecule is N/C(=N/O)c1cc(F)cc(CNCC2CCCC2O)c1. The van der Waals surface area contributed by atoms with Crippen molar-refractivity contribution in [1.82, 2.24) is 5.32 Å². The van der Waals surface area contributed by atoms with Crippen molar-refractivity contribution < 1.29 is 14.7 Å². The molecule has 1 saturated carbocycles. The van der Waals surface area contributed by atoms with Crippen molar-refractivity contribution in [3.05, 3.63) is 35.1 Å². The number of benzene rings is 1. The molecule has 1 fully saturated rings. The van der Waals surface area contributed by atoms with Crippen LogP contribution in [0.15, 0.2) is 23.4 Å². The van der Waals surface area contributed by atoms with Crippen LogP contribution in [0.5, 0.6) is 0 Å². The molecule has 0 spiro atoms. The fourth-order valence-electron chi connectivity index (χ4n) is 2.62. The first-order valence-electron chi connectivity index (χ1n) is 6.76. The van der Waals surface area contributed by atoms with Gasteiger partial charge in [0.1, 0.15) is 5.82 Å². The summed E-state index contributed by atoms with van der Waals surface area (Å²) in [6.45, 7) is 1.18. The maximum absolute atomic E-state index is 13.5. The zero-order valence-electron chi connectivity index (χ0n) is 11.2. The summed E-state index contributed by atoms with van der Waals surface area (Å²) in [6.07, 6.45) is 2.70. The van der Waals surface area contributed by atoms with Gasteiger partial charge in [-0.15, -0.1) is 0 Å². The van der Waals surface area contributed by atoms with Crippen LogP contribution in [0, 0.1) is 11.7 Å². The van der Waals surface area contributed by atoms with E-state index in [2.05, 4.69) is 10.5 Å². The van der Waals surface area contributed by atoms with Crippen LogP contribution < -0.4 is 11.1 Å². The molecule has 0 saturated heterocycles. The topological polar surface area (TPSA) is 90.9 Å². The normalized spacial score (nSPS) is 23.2. The third-order valence-electron chi connectivity index (χ3n) is 3.72. The third-order valence-corrected chi connectivity index (χ3v) is 3.72. The smallest absolute Gasteiger partial charge is 0.170 e. The van der Waals surface area contributed by atoms with E-state index in [0.717, 1.165) is 24.8 Å². The number of nitrogens with one attached hydrogen (secondary N) is 1. The number of amidine groups is 1. The van der Waals surface area contributed by atoms with Gasteiger partial charge in [0, 0.05) is 18.7 Å². The van der Waals surface area contributed by atoms with Gasteiger partial charge in [-0.05, 0) is 42.5 Å². The average molecular weight is 281 g/mol. The van der Waals surface area contributed by atoms with Gasteiger partial charge in [0.05, 0.1) is 6.10 Å². The Morgan fingerprint density at radius 2 is 2.20 bits per heavy atom. The molecular formula is C14H20FN3O2. The molecule has 1 aromatic carbocycles. The molecule has 5 N–H and O–H groups in total. The van der Waals surface area contributed by atoms with E-state index >= 15 is 0 Å². The Bertz CT molecular complexity index is 493. The number of oxime groups is 1. The Balaban J connectivity index is 1.94. The quantitative estimate of drug-likeness (QED) is 0.282. The molecule has 0 aromatic heterocycles. The molecule has 0 amide bonds. The van der Waals surface area contributed by atoms with E-state index in [-0.39, 0.29) is 17.9 Å². The van der Waals surface area contributed by atoms with Gasteiger partial charge in [0.15, 0.2) is 5.84 Å². The second kappa shape index (κ2) is 6.67. The van der Waals surface area contributed by atoms with E-state index < -0.39 is 5.82 Å². The standard InChI is InChI=1S/C14H20FN3O2/c15-12-5-9(4-11(6-12)14(16)18-20)7-17-8-10-2-1-3-13(10)19/h4-6,10,13,17,19-20H,1-3,7-8H2,(H2,16,18). The van der Waals surface area contributed by atoms with Crippen LogP contribution in [0.3, 0.4) is 0 Å². The van der Waals surface area contributed by atoms with E-state index in [0.29, 0.717) is 18.7 Å². The number of hydrogen-bond acceptors (Lipinski definition) is 4. The van der Waals surface area contributed by atoms with Gasteiger partial charge in [0.25, 0.3) is 0 Å². The van der Waals surface area contributed by atoms with Gasteiger partial charge in [0.2, 0.25) is 0 Å². The Hall–Kier alpha value is -1.66. The van der Waals surface area contributed by atoms with Crippen LogP contribution >= 0.6 is 0 Å². The average Bonchev–Trinajstić information content (AvgIpc) is 2.83.